The maximum absolute atomic E-state index is 12.9. The van der Waals surface area contributed by atoms with Crippen molar-refractivity contribution in [3.05, 3.63) is 78.1 Å². The maximum Gasteiger partial charge on any atom is 0.348 e. The number of nitrogens with two attached hydrogens (primary N) is 1. The van der Waals surface area contributed by atoms with Gasteiger partial charge in [0.1, 0.15) is 10.7 Å². The number of anilines is 2. The van der Waals surface area contributed by atoms with Crippen LogP contribution in [0.5, 0.6) is 0 Å². The molecule has 3 N–H and O–H groups in total. The third kappa shape index (κ3) is 4.61. The van der Waals surface area contributed by atoms with Gasteiger partial charge in [0.05, 0.1) is 6.54 Å². The highest BCUT2D eigenvalue weighted by Crippen LogP contribution is 2.31. The second-order valence-corrected chi connectivity index (χ2v) is 8.83. The highest BCUT2D eigenvalue weighted by Gasteiger charge is 2.25. The van der Waals surface area contributed by atoms with E-state index < -0.39 is 29.7 Å². The van der Waals surface area contributed by atoms with Crippen molar-refractivity contribution in [2.45, 2.75) is 32.7 Å². The Bertz CT molecular complexity index is 1290. The van der Waals surface area contributed by atoms with Crippen molar-refractivity contribution < 1.29 is 14.3 Å². The number of H-pyrrole nitrogens is 1. The average molecular weight is 469 g/mol. The molecule has 1 aromatic carbocycles. The molecule has 1 aliphatic rings. The van der Waals surface area contributed by atoms with Gasteiger partial charge in [-0.25, -0.2) is 9.59 Å². The van der Waals surface area contributed by atoms with Gasteiger partial charge in [0, 0.05) is 11.4 Å². The molecule has 4 rings (SSSR count). The maximum atomic E-state index is 12.9. The normalized spacial score (nSPS) is 12.4. The van der Waals surface area contributed by atoms with Crippen LogP contribution < -0.4 is 21.9 Å². The standard InChI is InChI=1S/C23H24N4O5S/c1-2-26(18(28)13-32-22(30)17-11-15-9-6-10-16(15)33-17)19-20(24)27(23(31)25-21(19)29)12-14-7-4-3-5-8-14/h3-5,7-8,11H,2,6,9-10,12-13,24H2,1H3,(H,25,29,31). The highest BCUT2D eigenvalue weighted by molar-refractivity contribution is 7.14. The molecule has 0 radical (unpaired) electrons. The summed E-state index contributed by atoms with van der Waals surface area (Å²) in [5, 5.41) is 0. The van der Waals surface area contributed by atoms with Gasteiger partial charge < -0.3 is 15.4 Å². The largest absolute Gasteiger partial charge is 0.451 e. The molecule has 0 spiro atoms. The van der Waals surface area contributed by atoms with Crippen LogP contribution in [-0.4, -0.2) is 34.6 Å². The van der Waals surface area contributed by atoms with E-state index in [0.29, 0.717) is 4.88 Å². The lowest BCUT2D eigenvalue weighted by Gasteiger charge is -2.23. The molecule has 3 aromatic rings. The van der Waals surface area contributed by atoms with Crippen molar-refractivity contribution in [1.29, 1.82) is 0 Å². The lowest BCUT2D eigenvalue weighted by atomic mass is 10.2. The Morgan fingerprint density at radius 1 is 1.21 bits per heavy atom. The zero-order valence-corrected chi connectivity index (χ0v) is 18.9. The van der Waals surface area contributed by atoms with Crippen LogP contribution in [0.25, 0.3) is 0 Å². The molecule has 0 bridgehead atoms. The molecule has 0 saturated carbocycles. The molecule has 0 atom stereocenters. The minimum absolute atomic E-state index is 0.0977. The third-order valence-corrected chi connectivity index (χ3v) is 6.78. The number of carbonyl (C=O) groups is 2. The second kappa shape index (κ2) is 9.45. The zero-order chi connectivity index (χ0) is 23.5. The van der Waals surface area contributed by atoms with E-state index in [4.69, 9.17) is 10.5 Å². The number of ether oxygens (including phenoxy) is 1. The van der Waals surface area contributed by atoms with Crippen LogP contribution in [0.2, 0.25) is 0 Å². The number of benzene rings is 1. The van der Waals surface area contributed by atoms with E-state index in [1.807, 2.05) is 36.4 Å². The summed E-state index contributed by atoms with van der Waals surface area (Å²) in [4.78, 5) is 55.2. The molecule has 0 unspecified atom stereocenters. The van der Waals surface area contributed by atoms with E-state index in [1.165, 1.54) is 20.8 Å². The minimum atomic E-state index is -0.780. The molecular weight excluding hydrogens is 444 g/mol. The number of rotatable bonds is 7. The molecule has 0 saturated heterocycles. The van der Waals surface area contributed by atoms with E-state index in [0.717, 1.165) is 35.3 Å². The molecule has 2 aromatic heterocycles. The number of carbonyl (C=O) groups excluding carboxylic acids is 2. The molecule has 0 aliphatic heterocycles. The fourth-order valence-electron chi connectivity index (χ4n) is 3.93. The molecule has 33 heavy (non-hydrogen) atoms. The summed E-state index contributed by atoms with van der Waals surface area (Å²) in [6.07, 6.45) is 2.99. The smallest absolute Gasteiger partial charge is 0.348 e. The number of aromatic nitrogens is 2. The van der Waals surface area contributed by atoms with Gasteiger partial charge in [-0.1, -0.05) is 30.3 Å². The Hall–Kier alpha value is -3.66. The van der Waals surface area contributed by atoms with Crippen molar-refractivity contribution in [1.82, 2.24) is 9.55 Å². The van der Waals surface area contributed by atoms with Crippen LogP contribution in [0, 0.1) is 0 Å². The van der Waals surface area contributed by atoms with Crippen molar-refractivity contribution in [2.24, 2.45) is 0 Å². The number of fused-ring (bicyclic) bond motifs is 1. The first kappa shape index (κ1) is 22.5. The van der Waals surface area contributed by atoms with Gasteiger partial charge in [-0.15, -0.1) is 11.3 Å². The summed E-state index contributed by atoms with van der Waals surface area (Å²) in [5.41, 5.74) is 6.54. The van der Waals surface area contributed by atoms with Crippen LogP contribution in [-0.2, 0) is 28.9 Å². The Morgan fingerprint density at radius 3 is 2.67 bits per heavy atom. The molecule has 1 aliphatic carbocycles. The van der Waals surface area contributed by atoms with Crippen LogP contribution in [0.1, 0.15) is 39.0 Å². The van der Waals surface area contributed by atoms with Gasteiger partial charge in [0.15, 0.2) is 12.3 Å². The van der Waals surface area contributed by atoms with E-state index in [2.05, 4.69) is 4.98 Å². The molecular formula is C23H24N4O5S. The predicted molar refractivity (Wildman–Crippen MR) is 126 cm³/mol. The molecule has 9 nitrogen and oxygen atoms in total. The predicted octanol–water partition coefficient (Wildman–Crippen LogP) is 1.93. The number of likely N-dealkylation sites (N-methyl/N-ethyl adjacent to an activating group) is 1. The summed E-state index contributed by atoms with van der Waals surface area (Å²) in [6, 6.07) is 10.9. The van der Waals surface area contributed by atoms with E-state index in [9.17, 15) is 19.2 Å². The number of esters is 1. The Morgan fingerprint density at radius 2 is 1.97 bits per heavy atom. The van der Waals surface area contributed by atoms with Gasteiger partial charge in [-0.2, -0.15) is 0 Å². The monoisotopic (exact) mass is 468 g/mol. The number of nitrogens with one attached hydrogen (secondary N) is 1. The van der Waals surface area contributed by atoms with Gasteiger partial charge in [-0.05, 0) is 43.4 Å². The summed E-state index contributed by atoms with van der Waals surface area (Å²) in [7, 11) is 0. The van der Waals surface area contributed by atoms with Crippen LogP contribution >= 0.6 is 11.3 Å². The molecule has 1 amide bonds. The number of aryl methyl sites for hydroxylation is 2. The topological polar surface area (TPSA) is 127 Å². The second-order valence-electron chi connectivity index (χ2n) is 7.69. The van der Waals surface area contributed by atoms with Crippen molar-refractivity contribution in [3.63, 3.8) is 0 Å². The fourth-order valence-corrected chi connectivity index (χ4v) is 5.07. The number of nitrogen functional groups attached to an aromatic ring is 1. The number of thiophene rings is 1. The molecule has 2 heterocycles. The first-order chi connectivity index (χ1) is 15.9. The quantitative estimate of drug-likeness (QED) is 0.510. The lowest BCUT2D eigenvalue weighted by Crippen LogP contribution is -2.42. The van der Waals surface area contributed by atoms with Crippen molar-refractivity contribution in [2.75, 3.05) is 23.8 Å². The Kier molecular flexibility index (Phi) is 6.45. The third-order valence-electron chi connectivity index (χ3n) is 5.56. The molecule has 0 fully saturated rings. The van der Waals surface area contributed by atoms with Crippen molar-refractivity contribution in [3.8, 4) is 0 Å². The SMILES string of the molecule is CCN(C(=O)COC(=O)c1cc2c(s1)CCC2)c1c(N)n(Cc2ccccc2)c(=O)[nH]c1=O. The number of hydrogen-bond donors (Lipinski definition) is 2. The van der Waals surface area contributed by atoms with E-state index in [-0.39, 0.29) is 24.6 Å². The van der Waals surface area contributed by atoms with Gasteiger partial charge >= 0.3 is 11.7 Å². The van der Waals surface area contributed by atoms with E-state index in [1.54, 1.807) is 6.92 Å². The summed E-state index contributed by atoms with van der Waals surface area (Å²) < 4.78 is 6.41. The Balaban J connectivity index is 1.54. The number of amides is 1. The van der Waals surface area contributed by atoms with Crippen molar-refractivity contribution >= 4 is 34.7 Å². The number of nitrogens with zero attached hydrogens (tertiary/aromatic N) is 2. The summed E-state index contributed by atoms with van der Waals surface area (Å²) in [5.74, 6) is -1.32. The minimum Gasteiger partial charge on any atom is -0.451 e. The highest BCUT2D eigenvalue weighted by atomic mass is 32.1. The van der Waals surface area contributed by atoms with Crippen LogP contribution in [0.4, 0.5) is 11.5 Å². The van der Waals surface area contributed by atoms with Gasteiger partial charge in [0.2, 0.25) is 0 Å². The fraction of sp³-hybridized carbons (Fsp3) is 0.304. The van der Waals surface area contributed by atoms with E-state index >= 15 is 0 Å². The van der Waals surface area contributed by atoms with Gasteiger partial charge in [-0.3, -0.25) is 19.1 Å². The number of hydrogen-bond acceptors (Lipinski definition) is 7. The van der Waals surface area contributed by atoms with Crippen LogP contribution in [0.3, 0.4) is 0 Å². The summed E-state index contributed by atoms with van der Waals surface area (Å²) >= 11 is 1.39. The Labute approximate surface area is 193 Å². The first-order valence-electron chi connectivity index (χ1n) is 10.6. The average Bonchev–Trinajstić information content (AvgIpc) is 3.41. The first-order valence-corrected chi connectivity index (χ1v) is 11.5. The van der Waals surface area contributed by atoms with Gasteiger partial charge in [0.25, 0.3) is 11.5 Å². The molecule has 172 valence electrons. The zero-order valence-electron chi connectivity index (χ0n) is 18.1. The summed E-state index contributed by atoms with van der Waals surface area (Å²) in [6.45, 7) is 1.33. The molecule has 10 heteroatoms. The van der Waals surface area contributed by atoms with Crippen LogP contribution in [0.15, 0.2) is 46.0 Å². The number of aromatic amines is 1. The lowest BCUT2D eigenvalue weighted by molar-refractivity contribution is -0.121.